The Hall–Kier alpha value is -0.770. The molecule has 3 rings (SSSR count). The maximum atomic E-state index is 6.10. The van der Waals surface area contributed by atoms with E-state index in [4.69, 9.17) is 21.1 Å². The van der Waals surface area contributed by atoms with E-state index in [2.05, 4.69) is 5.32 Å². The number of rotatable bonds is 3. The summed E-state index contributed by atoms with van der Waals surface area (Å²) in [4.78, 5) is 0. The monoisotopic (exact) mass is 253 g/mol. The first kappa shape index (κ1) is 11.3. The molecular weight excluding hydrogens is 238 g/mol. The summed E-state index contributed by atoms with van der Waals surface area (Å²) in [5.74, 6) is 0.986. The van der Waals surface area contributed by atoms with Crippen molar-refractivity contribution in [2.24, 2.45) is 0 Å². The second kappa shape index (κ2) is 4.84. The van der Waals surface area contributed by atoms with Crippen molar-refractivity contribution in [3.8, 4) is 5.75 Å². The fourth-order valence-electron chi connectivity index (χ4n) is 2.43. The molecule has 1 fully saturated rings. The van der Waals surface area contributed by atoms with Crippen molar-refractivity contribution < 1.29 is 9.47 Å². The quantitative estimate of drug-likeness (QED) is 0.896. The van der Waals surface area contributed by atoms with E-state index < -0.39 is 0 Å². The van der Waals surface area contributed by atoms with Crippen LogP contribution in [0.3, 0.4) is 0 Å². The molecule has 0 amide bonds. The lowest BCUT2D eigenvalue weighted by Crippen LogP contribution is -2.16. The van der Waals surface area contributed by atoms with E-state index >= 15 is 0 Å². The summed E-state index contributed by atoms with van der Waals surface area (Å²) in [5, 5.41) is 4.07. The smallest absolute Gasteiger partial charge is 0.128 e. The van der Waals surface area contributed by atoms with Crippen molar-refractivity contribution >= 4 is 11.6 Å². The molecule has 1 aromatic carbocycles. The average Bonchev–Trinajstić information content (AvgIpc) is 2.95. The summed E-state index contributed by atoms with van der Waals surface area (Å²) >= 11 is 6.10. The van der Waals surface area contributed by atoms with Crippen molar-refractivity contribution in [2.75, 3.05) is 19.7 Å². The predicted octanol–water partition coefficient (Wildman–Crippen LogP) is 2.15. The molecule has 2 heterocycles. The number of halogens is 1. The molecule has 2 aliphatic heterocycles. The summed E-state index contributed by atoms with van der Waals surface area (Å²) in [6, 6.07) is 3.94. The fraction of sp³-hybridized carbons (Fsp3) is 0.538. The minimum atomic E-state index is 0.325. The highest BCUT2D eigenvalue weighted by Gasteiger charge is 2.20. The van der Waals surface area contributed by atoms with Crippen LogP contribution in [0.25, 0.3) is 0 Å². The summed E-state index contributed by atoms with van der Waals surface area (Å²) < 4.78 is 11.5. The van der Waals surface area contributed by atoms with Crippen molar-refractivity contribution in [1.29, 1.82) is 0 Å². The van der Waals surface area contributed by atoms with Crippen LogP contribution in [0.2, 0.25) is 5.02 Å². The molecule has 4 heteroatoms. The van der Waals surface area contributed by atoms with Gasteiger partial charge < -0.3 is 14.8 Å². The van der Waals surface area contributed by atoms with Crippen molar-refractivity contribution in [1.82, 2.24) is 5.32 Å². The molecule has 0 bridgehead atoms. The van der Waals surface area contributed by atoms with Crippen LogP contribution in [0.5, 0.6) is 5.75 Å². The minimum Gasteiger partial charge on any atom is -0.493 e. The summed E-state index contributed by atoms with van der Waals surface area (Å²) in [5.41, 5.74) is 2.29. The van der Waals surface area contributed by atoms with Crippen molar-refractivity contribution in [3.63, 3.8) is 0 Å². The van der Waals surface area contributed by atoms with E-state index in [0.717, 1.165) is 48.9 Å². The van der Waals surface area contributed by atoms with Gasteiger partial charge in [-0.3, -0.25) is 0 Å². The molecule has 1 saturated heterocycles. The number of benzene rings is 1. The zero-order valence-corrected chi connectivity index (χ0v) is 10.4. The Morgan fingerprint density at radius 3 is 3.24 bits per heavy atom. The van der Waals surface area contributed by atoms with Gasteiger partial charge in [-0.15, -0.1) is 0 Å². The standard InChI is InChI=1S/C13H16ClNO2/c14-11-5-9-2-4-16-13(9)10(6-11)8-17-12-1-3-15-7-12/h5-6,12,15H,1-4,7-8H2. The van der Waals surface area contributed by atoms with E-state index in [0.29, 0.717) is 12.7 Å². The van der Waals surface area contributed by atoms with E-state index in [1.807, 2.05) is 12.1 Å². The van der Waals surface area contributed by atoms with Gasteiger partial charge in [0.25, 0.3) is 0 Å². The maximum absolute atomic E-state index is 6.10. The molecule has 1 unspecified atom stereocenters. The number of hydrogen-bond acceptors (Lipinski definition) is 3. The molecule has 3 nitrogen and oxygen atoms in total. The number of nitrogens with one attached hydrogen (secondary N) is 1. The molecule has 1 N–H and O–H groups in total. The van der Waals surface area contributed by atoms with Crippen LogP contribution in [0.1, 0.15) is 17.5 Å². The Bertz CT molecular complexity index is 416. The summed E-state index contributed by atoms with van der Waals surface area (Å²) in [6.07, 6.45) is 2.36. The van der Waals surface area contributed by atoms with Gasteiger partial charge in [0, 0.05) is 23.6 Å². The average molecular weight is 254 g/mol. The highest BCUT2D eigenvalue weighted by molar-refractivity contribution is 6.30. The van der Waals surface area contributed by atoms with Crippen LogP contribution in [-0.2, 0) is 17.8 Å². The molecule has 0 aliphatic carbocycles. The molecular formula is C13H16ClNO2. The van der Waals surface area contributed by atoms with Crippen LogP contribution >= 0.6 is 11.6 Å². The lowest BCUT2D eigenvalue weighted by molar-refractivity contribution is 0.0530. The van der Waals surface area contributed by atoms with Crippen LogP contribution in [0, 0.1) is 0 Å². The lowest BCUT2D eigenvalue weighted by Gasteiger charge is -2.13. The van der Waals surface area contributed by atoms with Crippen LogP contribution < -0.4 is 10.1 Å². The topological polar surface area (TPSA) is 30.5 Å². The number of ether oxygens (including phenoxy) is 2. The highest BCUT2D eigenvalue weighted by Crippen LogP contribution is 2.33. The van der Waals surface area contributed by atoms with Gasteiger partial charge in [0.2, 0.25) is 0 Å². The van der Waals surface area contributed by atoms with Crippen molar-refractivity contribution in [3.05, 3.63) is 28.3 Å². The second-order valence-corrected chi connectivity index (χ2v) is 5.01. The number of hydrogen-bond donors (Lipinski definition) is 1. The predicted molar refractivity (Wildman–Crippen MR) is 66.7 cm³/mol. The Kier molecular flexibility index (Phi) is 3.23. The van der Waals surface area contributed by atoms with E-state index in [9.17, 15) is 0 Å². The minimum absolute atomic E-state index is 0.325. The number of fused-ring (bicyclic) bond motifs is 1. The van der Waals surface area contributed by atoms with Crippen LogP contribution in [0.4, 0.5) is 0 Å². The Balaban J connectivity index is 1.73. The van der Waals surface area contributed by atoms with Gasteiger partial charge in [-0.1, -0.05) is 11.6 Å². The third-order valence-corrected chi connectivity index (χ3v) is 3.53. The zero-order chi connectivity index (χ0) is 11.7. The van der Waals surface area contributed by atoms with Gasteiger partial charge in [-0.2, -0.15) is 0 Å². The largest absolute Gasteiger partial charge is 0.493 e. The summed E-state index contributed by atoms with van der Waals surface area (Å²) in [7, 11) is 0. The Morgan fingerprint density at radius 2 is 2.41 bits per heavy atom. The van der Waals surface area contributed by atoms with Gasteiger partial charge in [-0.25, -0.2) is 0 Å². The fourth-order valence-corrected chi connectivity index (χ4v) is 2.69. The Morgan fingerprint density at radius 1 is 1.47 bits per heavy atom. The van der Waals surface area contributed by atoms with Gasteiger partial charge >= 0.3 is 0 Å². The van der Waals surface area contributed by atoms with Gasteiger partial charge in [0.05, 0.1) is 19.3 Å². The molecule has 92 valence electrons. The van der Waals surface area contributed by atoms with Gasteiger partial charge in [0.15, 0.2) is 0 Å². The molecule has 0 saturated carbocycles. The zero-order valence-electron chi connectivity index (χ0n) is 9.67. The first-order valence-corrected chi connectivity index (χ1v) is 6.47. The van der Waals surface area contributed by atoms with Gasteiger partial charge in [0.1, 0.15) is 5.75 Å². The SMILES string of the molecule is Clc1cc2c(c(COC3CCNC3)c1)OCC2. The molecule has 0 radical (unpaired) electrons. The molecule has 17 heavy (non-hydrogen) atoms. The molecule has 0 aromatic heterocycles. The molecule has 1 aromatic rings. The third kappa shape index (κ3) is 2.41. The Labute approximate surface area is 106 Å². The normalized spacial score (nSPS) is 22.5. The lowest BCUT2D eigenvalue weighted by atomic mass is 10.1. The highest BCUT2D eigenvalue weighted by atomic mass is 35.5. The van der Waals surface area contributed by atoms with E-state index in [1.165, 1.54) is 5.56 Å². The first-order chi connectivity index (χ1) is 8.33. The van der Waals surface area contributed by atoms with E-state index in [1.54, 1.807) is 0 Å². The first-order valence-electron chi connectivity index (χ1n) is 6.09. The maximum Gasteiger partial charge on any atom is 0.128 e. The summed E-state index contributed by atoms with van der Waals surface area (Å²) in [6.45, 7) is 3.35. The molecule has 0 spiro atoms. The van der Waals surface area contributed by atoms with Crippen LogP contribution in [-0.4, -0.2) is 25.8 Å². The van der Waals surface area contributed by atoms with Gasteiger partial charge in [-0.05, 0) is 30.7 Å². The molecule has 1 atom stereocenters. The second-order valence-electron chi connectivity index (χ2n) is 4.58. The van der Waals surface area contributed by atoms with E-state index in [-0.39, 0.29) is 0 Å². The molecule has 2 aliphatic rings. The third-order valence-electron chi connectivity index (χ3n) is 3.31. The van der Waals surface area contributed by atoms with Crippen LogP contribution in [0.15, 0.2) is 12.1 Å². The van der Waals surface area contributed by atoms with Crippen molar-refractivity contribution in [2.45, 2.75) is 25.6 Å².